The average Bonchev–Trinajstić information content (AvgIpc) is 2.62. The Kier molecular flexibility index (Phi) is 10.6. The topological polar surface area (TPSA) is 78.8 Å². The van der Waals surface area contributed by atoms with Gasteiger partial charge in [0.05, 0.1) is 13.2 Å². The maximum absolute atomic E-state index is 9.75. The van der Waals surface area contributed by atoms with Crippen molar-refractivity contribution in [3.63, 3.8) is 0 Å². The minimum absolute atomic E-state index is 0. The van der Waals surface area contributed by atoms with Crippen molar-refractivity contribution in [1.82, 2.24) is 15.6 Å². The molecular weight excluding hydrogens is 455 g/mol. The Morgan fingerprint density at radius 3 is 2.72 bits per heavy atom. The van der Waals surface area contributed by atoms with Gasteiger partial charge in [-0.25, -0.2) is 4.98 Å². The summed E-state index contributed by atoms with van der Waals surface area (Å²) in [5, 5.41) is 16.8. The Labute approximate surface area is 171 Å². The number of halogens is 2. The maximum Gasteiger partial charge on any atom is 0.191 e. The second-order valence-electron chi connectivity index (χ2n) is 6.13. The molecule has 0 saturated carbocycles. The number of rotatable bonds is 7. The highest BCUT2D eigenvalue weighted by molar-refractivity contribution is 14.0. The fraction of sp³-hybridized carbons (Fsp3) is 0.647. The van der Waals surface area contributed by atoms with Crippen LogP contribution in [0.25, 0.3) is 0 Å². The van der Waals surface area contributed by atoms with E-state index in [1.54, 1.807) is 12.3 Å². The number of aliphatic imine (C=N–C) groups is 1. The standard InChI is InChI=1S/C17H27ClN4O2.HI/c1-2-19-16(20-8-5-14-3-4-15(18)21-11-14)22-12-17(13-23)6-9-24-10-7-17;/h3-4,11,23H,2,5-10,12-13H2,1H3,(H2,19,20,22);1H. The first kappa shape index (κ1) is 22.4. The molecule has 0 atom stereocenters. The monoisotopic (exact) mass is 482 g/mol. The fourth-order valence-electron chi connectivity index (χ4n) is 2.64. The molecule has 8 heteroatoms. The van der Waals surface area contributed by atoms with Crippen molar-refractivity contribution in [2.24, 2.45) is 10.4 Å². The molecule has 3 N–H and O–H groups in total. The number of aliphatic hydroxyl groups is 1. The third-order valence-corrected chi connectivity index (χ3v) is 4.52. The summed E-state index contributed by atoms with van der Waals surface area (Å²) in [5.74, 6) is 0.777. The predicted molar refractivity (Wildman–Crippen MR) is 112 cm³/mol. The van der Waals surface area contributed by atoms with Crippen LogP contribution < -0.4 is 10.6 Å². The minimum Gasteiger partial charge on any atom is -0.396 e. The number of ether oxygens (including phenoxy) is 1. The largest absolute Gasteiger partial charge is 0.396 e. The summed E-state index contributed by atoms with van der Waals surface area (Å²) in [4.78, 5) is 8.75. The van der Waals surface area contributed by atoms with Gasteiger partial charge in [0.15, 0.2) is 5.96 Å². The zero-order chi connectivity index (χ0) is 17.3. The smallest absolute Gasteiger partial charge is 0.191 e. The Morgan fingerprint density at radius 1 is 1.36 bits per heavy atom. The molecule has 0 spiro atoms. The van der Waals surface area contributed by atoms with Crippen molar-refractivity contribution in [3.05, 3.63) is 29.0 Å². The van der Waals surface area contributed by atoms with E-state index in [2.05, 4.69) is 20.6 Å². The molecule has 0 aliphatic carbocycles. The fourth-order valence-corrected chi connectivity index (χ4v) is 2.75. The van der Waals surface area contributed by atoms with E-state index < -0.39 is 0 Å². The maximum atomic E-state index is 9.75. The lowest BCUT2D eigenvalue weighted by Crippen LogP contribution is -2.41. The quantitative estimate of drug-likeness (QED) is 0.240. The summed E-state index contributed by atoms with van der Waals surface area (Å²) < 4.78 is 5.40. The first-order valence-electron chi connectivity index (χ1n) is 8.49. The van der Waals surface area contributed by atoms with Gasteiger partial charge in [-0.1, -0.05) is 17.7 Å². The van der Waals surface area contributed by atoms with Crippen LogP contribution in [0.2, 0.25) is 5.15 Å². The van der Waals surface area contributed by atoms with Crippen LogP contribution >= 0.6 is 35.6 Å². The predicted octanol–water partition coefficient (Wildman–Crippen LogP) is 2.24. The molecule has 0 amide bonds. The van der Waals surface area contributed by atoms with Crippen LogP contribution in [0.1, 0.15) is 25.3 Å². The molecule has 0 unspecified atom stereocenters. The first-order chi connectivity index (χ1) is 11.7. The van der Waals surface area contributed by atoms with Gasteiger partial charge < -0.3 is 20.5 Å². The number of hydrogen-bond donors (Lipinski definition) is 3. The summed E-state index contributed by atoms with van der Waals surface area (Å²) in [7, 11) is 0. The summed E-state index contributed by atoms with van der Waals surface area (Å²) in [6, 6.07) is 3.77. The highest BCUT2D eigenvalue weighted by Crippen LogP contribution is 2.30. The zero-order valence-electron chi connectivity index (χ0n) is 14.6. The van der Waals surface area contributed by atoms with Gasteiger partial charge in [-0.15, -0.1) is 24.0 Å². The van der Waals surface area contributed by atoms with Gasteiger partial charge in [0, 0.05) is 37.9 Å². The summed E-state index contributed by atoms with van der Waals surface area (Å²) in [5.41, 5.74) is 0.972. The van der Waals surface area contributed by atoms with Crippen molar-refractivity contribution in [3.8, 4) is 0 Å². The van der Waals surface area contributed by atoms with Crippen molar-refractivity contribution in [2.45, 2.75) is 26.2 Å². The zero-order valence-corrected chi connectivity index (χ0v) is 17.7. The molecule has 1 aliphatic heterocycles. The molecule has 1 aromatic rings. The van der Waals surface area contributed by atoms with Crippen LogP contribution in [0.5, 0.6) is 0 Å². The molecular formula is C17H28ClIN4O2. The van der Waals surface area contributed by atoms with Gasteiger partial charge in [0.25, 0.3) is 0 Å². The number of aromatic nitrogens is 1. The van der Waals surface area contributed by atoms with E-state index in [1.807, 2.05) is 13.0 Å². The Hall–Kier alpha value is -0.640. The second-order valence-corrected chi connectivity index (χ2v) is 6.52. The van der Waals surface area contributed by atoms with Crippen LogP contribution in [0.15, 0.2) is 23.3 Å². The van der Waals surface area contributed by atoms with Gasteiger partial charge in [-0.2, -0.15) is 0 Å². The lowest BCUT2D eigenvalue weighted by Gasteiger charge is -2.34. The number of guanidine groups is 1. The van der Waals surface area contributed by atoms with E-state index in [0.29, 0.717) is 24.9 Å². The molecule has 142 valence electrons. The second kappa shape index (κ2) is 11.9. The molecule has 1 aromatic heterocycles. The summed E-state index contributed by atoms with van der Waals surface area (Å²) in [6.45, 7) is 5.73. The lowest BCUT2D eigenvalue weighted by molar-refractivity contribution is -0.0106. The highest BCUT2D eigenvalue weighted by Gasteiger charge is 2.31. The molecule has 1 aliphatic rings. The third kappa shape index (κ3) is 7.64. The Bertz CT molecular complexity index is 522. The molecule has 0 radical (unpaired) electrons. The number of pyridine rings is 1. The molecule has 2 rings (SSSR count). The molecule has 25 heavy (non-hydrogen) atoms. The molecule has 6 nitrogen and oxygen atoms in total. The number of hydrogen-bond acceptors (Lipinski definition) is 4. The van der Waals surface area contributed by atoms with Crippen molar-refractivity contribution < 1.29 is 9.84 Å². The average molecular weight is 483 g/mol. The number of nitrogens with zero attached hydrogens (tertiary/aromatic N) is 2. The van der Waals surface area contributed by atoms with E-state index in [9.17, 15) is 5.11 Å². The van der Waals surface area contributed by atoms with Gasteiger partial charge in [0.1, 0.15) is 5.15 Å². The first-order valence-corrected chi connectivity index (χ1v) is 8.86. The number of nitrogens with one attached hydrogen (secondary N) is 2. The van der Waals surface area contributed by atoms with E-state index in [0.717, 1.165) is 43.9 Å². The van der Waals surface area contributed by atoms with Gasteiger partial charge in [-0.3, -0.25) is 4.99 Å². The molecule has 2 heterocycles. The van der Waals surface area contributed by atoms with Crippen LogP contribution in [-0.4, -0.2) is 55.5 Å². The summed E-state index contributed by atoms with van der Waals surface area (Å²) >= 11 is 5.79. The molecule has 1 saturated heterocycles. The Morgan fingerprint density at radius 2 is 2.12 bits per heavy atom. The van der Waals surface area contributed by atoms with Crippen LogP contribution in [0.4, 0.5) is 0 Å². The van der Waals surface area contributed by atoms with E-state index in [1.165, 1.54) is 0 Å². The number of aliphatic hydroxyl groups excluding tert-OH is 1. The molecule has 0 bridgehead atoms. The third-order valence-electron chi connectivity index (χ3n) is 4.30. The Balaban J connectivity index is 0.00000312. The lowest BCUT2D eigenvalue weighted by atomic mass is 9.81. The highest BCUT2D eigenvalue weighted by atomic mass is 127. The summed E-state index contributed by atoms with van der Waals surface area (Å²) in [6.07, 6.45) is 4.33. The normalized spacial score (nSPS) is 16.8. The molecule has 1 fully saturated rings. The van der Waals surface area contributed by atoms with Crippen molar-refractivity contribution in [1.29, 1.82) is 0 Å². The van der Waals surface area contributed by atoms with Crippen LogP contribution in [-0.2, 0) is 11.2 Å². The van der Waals surface area contributed by atoms with E-state index in [-0.39, 0.29) is 36.0 Å². The van der Waals surface area contributed by atoms with E-state index >= 15 is 0 Å². The van der Waals surface area contributed by atoms with Gasteiger partial charge in [0.2, 0.25) is 0 Å². The van der Waals surface area contributed by atoms with Crippen molar-refractivity contribution in [2.75, 3.05) is 39.5 Å². The van der Waals surface area contributed by atoms with E-state index in [4.69, 9.17) is 16.3 Å². The van der Waals surface area contributed by atoms with Gasteiger partial charge >= 0.3 is 0 Å². The van der Waals surface area contributed by atoms with Crippen molar-refractivity contribution >= 4 is 41.5 Å². The minimum atomic E-state index is -0.152. The van der Waals surface area contributed by atoms with Gasteiger partial charge in [-0.05, 0) is 37.8 Å². The van der Waals surface area contributed by atoms with Crippen LogP contribution in [0.3, 0.4) is 0 Å². The SMILES string of the molecule is CCNC(=NCC1(CO)CCOCC1)NCCc1ccc(Cl)nc1.I. The van der Waals surface area contributed by atoms with Crippen LogP contribution in [0, 0.1) is 5.41 Å². The molecule has 0 aromatic carbocycles.